The van der Waals surface area contributed by atoms with Gasteiger partial charge in [-0.05, 0) is 33.6 Å². The fourth-order valence-electron chi connectivity index (χ4n) is 1.74. The summed E-state index contributed by atoms with van der Waals surface area (Å²) in [6.07, 6.45) is 2.33. The van der Waals surface area contributed by atoms with E-state index in [-0.39, 0.29) is 31.1 Å². The monoisotopic (exact) mass is 272 g/mol. The molecular weight excluding hydrogens is 248 g/mol. The third kappa shape index (κ3) is 7.66. The van der Waals surface area contributed by atoms with Gasteiger partial charge in [-0.15, -0.1) is 0 Å². The first kappa shape index (κ1) is 15.8. The van der Waals surface area contributed by atoms with Crippen molar-refractivity contribution in [3.05, 3.63) is 0 Å². The van der Waals surface area contributed by atoms with Crippen LogP contribution in [0.3, 0.4) is 0 Å². The third-order valence-electron chi connectivity index (χ3n) is 2.55. The van der Waals surface area contributed by atoms with E-state index >= 15 is 0 Å². The molecule has 2 amide bonds. The van der Waals surface area contributed by atoms with Gasteiger partial charge in [0.25, 0.3) is 0 Å². The fourth-order valence-corrected chi connectivity index (χ4v) is 1.74. The lowest BCUT2D eigenvalue weighted by Gasteiger charge is -2.19. The minimum Gasteiger partial charge on any atom is -0.460 e. The third-order valence-corrected chi connectivity index (χ3v) is 2.55. The van der Waals surface area contributed by atoms with Crippen molar-refractivity contribution in [2.75, 3.05) is 19.7 Å². The number of carbonyl (C=O) groups is 2. The molecular formula is C13H24N2O4. The van der Waals surface area contributed by atoms with Crippen LogP contribution in [-0.4, -0.2) is 43.4 Å². The fraction of sp³-hybridized carbons (Fsp3) is 0.846. The van der Waals surface area contributed by atoms with Crippen LogP contribution >= 0.6 is 0 Å². The highest BCUT2D eigenvalue weighted by Gasteiger charge is 2.17. The number of urea groups is 1. The molecule has 0 saturated carbocycles. The summed E-state index contributed by atoms with van der Waals surface area (Å²) in [6.45, 7) is 6.99. The van der Waals surface area contributed by atoms with Crippen molar-refractivity contribution in [3.8, 4) is 0 Å². The van der Waals surface area contributed by atoms with Crippen molar-refractivity contribution in [3.63, 3.8) is 0 Å². The molecule has 0 aromatic heterocycles. The van der Waals surface area contributed by atoms with E-state index in [9.17, 15) is 9.59 Å². The van der Waals surface area contributed by atoms with Crippen LogP contribution in [0.5, 0.6) is 0 Å². The number of hydrogen-bond donors (Lipinski definition) is 2. The van der Waals surface area contributed by atoms with Crippen LogP contribution in [0.25, 0.3) is 0 Å². The molecule has 1 unspecified atom stereocenters. The van der Waals surface area contributed by atoms with Crippen molar-refractivity contribution in [2.24, 2.45) is 0 Å². The molecule has 6 heteroatoms. The van der Waals surface area contributed by atoms with Gasteiger partial charge in [0.15, 0.2) is 0 Å². The normalized spacial score (nSPS) is 19.0. The van der Waals surface area contributed by atoms with Crippen LogP contribution in [-0.2, 0) is 14.3 Å². The molecule has 110 valence electrons. The van der Waals surface area contributed by atoms with Gasteiger partial charge in [0.1, 0.15) is 5.60 Å². The zero-order chi connectivity index (χ0) is 14.3. The standard InChI is InChI=1S/C13H24N2O4/c1-13(2,3)19-11(16)6-7-14-12(17)15-9-10-5-4-8-18-10/h10H,4-9H2,1-3H3,(H2,14,15,17). The maximum absolute atomic E-state index is 11.4. The highest BCUT2D eigenvalue weighted by atomic mass is 16.6. The quantitative estimate of drug-likeness (QED) is 0.737. The topological polar surface area (TPSA) is 76.7 Å². The highest BCUT2D eigenvalue weighted by Crippen LogP contribution is 2.10. The minimum absolute atomic E-state index is 0.122. The molecule has 0 bridgehead atoms. The minimum atomic E-state index is -0.487. The molecule has 0 aliphatic carbocycles. The maximum atomic E-state index is 11.4. The van der Waals surface area contributed by atoms with Crippen molar-refractivity contribution in [1.29, 1.82) is 0 Å². The molecule has 1 saturated heterocycles. The van der Waals surface area contributed by atoms with E-state index in [1.807, 2.05) is 20.8 Å². The number of rotatable bonds is 5. The molecule has 0 aromatic carbocycles. The molecule has 19 heavy (non-hydrogen) atoms. The van der Waals surface area contributed by atoms with E-state index in [0.29, 0.717) is 6.54 Å². The summed E-state index contributed by atoms with van der Waals surface area (Å²) in [4.78, 5) is 22.8. The summed E-state index contributed by atoms with van der Waals surface area (Å²) < 4.78 is 10.5. The summed E-state index contributed by atoms with van der Waals surface area (Å²) in [7, 11) is 0. The second-order valence-corrected chi connectivity index (χ2v) is 5.61. The van der Waals surface area contributed by atoms with Crippen LogP contribution in [0.2, 0.25) is 0 Å². The Morgan fingerprint density at radius 1 is 1.32 bits per heavy atom. The van der Waals surface area contributed by atoms with Gasteiger partial charge in [-0.2, -0.15) is 0 Å². The van der Waals surface area contributed by atoms with Gasteiger partial charge in [0.2, 0.25) is 0 Å². The Balaban J connectivity index is 2.04. The number of carbonyl (C=O) groups excluding carboxylic acids is 2. The summed E-state index contributed by atoms with van der Waals surface area (Å²) in [6, 6.07) is -0.279. The van der Waals surface area contributed by atoms with E-state index in [1.54, 1.807) is 0 Å². The van der Waals surface area contributed by atoms with Gasteiger partial charge >= 0.3 is 12.0 Å². The van der Waals surface area contributed by atoms with Crippen molar-refractivity contribution in [1.82, 2.24) is 10.6 Å². The largest absolute Gasteiger partial charge is 0.460 e. The Kier molecular flexibility index (Phi) is 6.08. The second-order valence-electron chi connectivity index (χ2n) is 5.61. The number of esters is 1. The van der Waals surface area contributed by atoms with Crippen LogP contribution in [0, 0.1) is 0 Å². The number of nitrogens with one attached hydrogen (secondary N) is 2. The molecule has 0 radical (unpaired) electrons. The lowest BCUT2D eigenvalue weighted by molar-refractivity contribution is -0.154. The molecule has 1 aliphatic rings. The molecule has 6 nitrogen and oxygen atoms in total. The zero-order valence-corrected chi connectivity index (χ0v) is 12.0. The Hall–Kier alpha value is -1.30. The van der Waals surface area contributed by atoms with Gasteiger partial charge < -0.3 is 20.1 Å². The molecule has 1 aliphatic heterocycles. The molecule has 1 heterocycles. The average Bonchev–Trinajstić information content (AvgIpc) is 2.76. The first-order valence-electron chi connectivity index (χ1n) is 6.72. The molecule has 1 rings (SSSR count). The number of hydrogen-bond acceptors (Lipinski definition) is 4. The van der Waals surface area contributed by atoms with Crippen molar-refractivity contribution < 1.29 is 19.1 Å². The molecule has 0 aromatic rings. The van der Waals surface area contributed by atoms with E-state index in [1.165, 1.54) is 0 Å². The Labute approximate surface area is 114 Å². The van der Waals surface area contributed by atoms with E-state index in [2.05, 4.69) is 10.6 Å². The van der Waals surface area contributed by atoms with E-state index in [4.69, 9.17) is 9.47 Å². The predicted octanol–water partition coefficient (Wildman–Crippen LogP) is 1.20. The molecule has 1 fully saturated rings. The van der Waals surface area contributed by atoms with Gasteiger partial charge in [-0.1, -0.05) is 0 Å². The van der Waals surface area contributed by atoms with E-state index < -0.39 is 5.60 Å². The zero-order valence-electron chi connectivity index (χ0n) is 12.0. The summed E-state index contributed by atoms with van der Waals surface area (Å²) in [5, 5.41) is 5.34. The first-order chi connectivity index (χ1) is 8.87. The van der Waals surface area contributed by atoms with Gasteiger partial charge in [0, 0.05) is 19.7 Å². The molecule has 0 spiro atoms. The SMILES string of the molecule is CC(C)(C)OC(=O)CCNC(=O)NCC1CCCO1. The smallest absolute Gasteiger partial charge is 0.314 e. The van der Waals surface area contributed by atoms with Crippen LogP contribution in [0.4, 0.5) is 4.79 Å². The summed E-state index contributed by atoms with van der Waals surface area (Å²) in [5.41, 5.74) is -0.487. The summed E-state index contributed by atoms with van der Waals surface area (Å²) >= 11 is 0. The van der Waals surface area contributed by atoms with E-state index in [0.717, 1.165) is 19.4 Å². The van der Waals surface area contributed by atoms with Gasteiger partial charge in [-0.25, -0.2) is 4.79 Å². The molecule has 2 N–H and O–H groups in total. The van der Waals surface area contributed by atoms with Gasteiger partial charge in [-0.3, -0.25) is 4.79 Å². The Morgan fingerprint density at radius 3 is 2.63 bits per heavy atom. The number of ether oxygens (including phenoxy) is 2. The average molecular weight is 272 g/mol. The Morgan fingerprint density at radius 2 is 2.05 bits per heavy atom. The lowest BCUT2D eigenvalue weighted by Crippen LogP contribution is -2.40. The number of amides is 2. The van der Waals surface area contributed by atoms with Gasteiger partial charge in [0.05, 0.1) is 12.5 Å². The van der Waals surface area contributed by atoms with Crippen molar-refractivity contribution >= 4 is 12.0 Å². The second kappa shape index (κ2) is 7.33. The van der Waals surface area contributed by atoms with Crippen LogP contribution in [0.15, 0.2) is 0 Å². The predicted molar refractivity (Wildman–Crippen MR) is 70.8 cm³/mol. The maximum Gasteiger partial charge on any atom is 0.314 e. The van der Waals surface area contributed by atoms with Crippen LogP contribution in [0.1, 0.15) is 40.0 Å². The molecule has 1 atom stereocenters. The Bertz CT molecular complexity index is 306. The van der Waals surface area contributed by atoms with Crippen LogP contribution < -0.4 is 10.6 Å². The van der Waals surface area contributed by atoms with Crippen molar-refractivity contribution in [2.45, 2.75) is 51.7 Å². The first-order valence-corrected chi connectivity index (χ1v) is 6.72. The summed E-state index contributed by atoms with van der Waals surface area (Å²) in [5.74, 6) is -0.313. The lowest BCUT2D eigenvalue weighted by atomic mass is 10.2. The highest BCUT2D eigenvalue weighted by molar-refractivity contribution is 5.75.